The summed E-state index contributed by atoms with van der Waals surface area (Å²) in [7, 11) is 0. The van der Waals surface area contributed by atoms with Gasteiger partial charge in [-0.3, -0.25) is 10.7 Å². The first kappa shape index (κ1) is 9.49. The Balaban J connectivity index is 2.39. The van der Waals surface area contributed by atoms with Gasteiger partial charge in [0, 0.05) is 6.54 Å². The minimum Gasteiger partial charge on any atom is -0.312 e. The molecule has 0 radical (unpaired) electrons. The third-order valence-corrected chi connectivity index (χ3v) is 3.72. The van der Waals surface area contributed by atoms with Crippen LogP contribution in [0.4, 0.5) is 4.79 Å². The van der Waals surface area contributed by atoms with E-state index in [0.717, 1.165) is 19.3 Å². The van der Waals surface area contributed by atoms with Gasteiger partial charge in [-0.15, -0.1) is 0 Å². The number of hydrogen-bond acceptors (Lipinski definition) is 2. The molecule has 0 aromatic carbocycles. The topological polar surface area (TPSA) is 56.2 Å². The predicted octanol–water partition coefficient (Wildman–Crippen LogP) is 1.57. The lowest BCUT2D eigenvalue weighted by atomic mass is 9.86. The second kappa shape index (κ2) is 2.97. The van der Waals surface area contributed by atoms with Crippen molar-refractivity contribution in [3.05, 3.63) is 0 Å². The highest BCUT2D eigenvalue weighted by Crippen LogP contribution is 2.42. The SMILES string of the molecule is CCN1C(=O)NC(=N)C12CCCC2C. The van der Waals surface area contributed by atoms with Gasteiger partial charge < -0.3 is 4.90 Å². The molecule has 2 rings (SSSR count). The Labute approximate surface area is 84.2 Å². The average molecular weight is 195 g/mol. The standard InChI is InChI=1S/C10H17N3O/c1-3-13-9(14)12-8(11)10(13)6-4-5-7(10)2/h7H,3-6H2,1-2H3,(H2,11,12,14). The molecule has 1 spiro atoms. The van der Waals surface area contributed by atoms with Crippen molar-refractivity contribution in [3.63, 3.8) is 0 Å². The van der Waals surface area contributed by atoms with Crippen LogP contribution in [0.3, 0.4) is 0 Å². The molecule has 0 aromatic heterocycles. The number of carbonyl (C=O) groups is 1. The van der Waals surface area contributed by atoms with Gasteiger partial charge in [-0.1, -0.05) is 13.3 Å². The van der Waals surface area contributed by atoms with Crippen LogP contribution in [0.2, 0.25) is 0 Å². The smallest absolute Gasteiger partial charge is 0.312 e. The largest absolute Gasteiger partial charge is 0.323 e. The van der Waals surface area contributed by atoms with Gasteiger partial charge in [0.25, 0.3) is 0 Å². The summed E-state index contributed by atoms with van der Waals surface area (Å²) in [5, 5.41) is 10.6. The highest BCUT2D eigenvalue weighted by atomic mass is 16.2. The summed E-state index contributed by atoms with van der Waals surface area (Å²) in [6.07, 6.45) is 3.18. The monoisotopic (exact) mass is 195 g/mol. The van der Waals surface area contributed by atoms with E-state index in [4.69, 9.17) is 5.41 Å². The van der Waals surface area contributed by atoms with Gasteiger partial charge in [-0.25, -0.2) is 4.79 Å². The molecule has 1 saturated heterocycles. The number of amidine groups is 1. The Kier molecular flexibility index (Phi) is 2.01. The number of nitrogens with zero attached hydrogens (tertiary/aromatic N) is 1. The average Bonchev–Trinajstić information content (AvgIpc) is 2.60. The number of amides is 2. The fourth-order valence-electron chi connectivity index (χ4n) is 2.96. The highest BCUT2D eigenvalue weighted by Gasteiger charge is 2.54. The summed E-state index contributed by atoms with van der Waals surface area (Å²) in [6, 6.07) is -0.0914. The second-order valence-electron chi connectivity index (χ2n) is 4.27. The third-order valence-electron chi connectivity index (χ3n) is 3.72. The van der Waals surface area contributed by atoms with Crippen molar-refractivity contribution in [1.82, 2.24) is 10.2 Å². The van der Waals surface area contributed by atoms with E-state index in [0.29, 0.717) is 18.3 Å². The van der Waals surface area contributed by atoms with Crippen LogP contribution in [0.15, 0.2) is 0 Å². The molecule has 78 valence electrons. The Morgan fingerprint density at radius 3 is 2.93 bits per heavy atom. The minimum absolute atomic E-state index is 0.0914. The van der Waals surface area contributed by atoms with Crippen LogP contribution in [0.25, 0.3) is 0 Å². The van der Waals surface area contributed by atoms with Crippen molar-refractivity contribution in [3.8, 4) is 0 Å². The molecule has 2 unspecified atom stereocenters. The van der Waals surface area contributed by atoms with E-state index in [1.54, 1.807) is 0 Å². The molecule has 2 aliphatic rings. The molecule has 1 aliphatic carbocycles. The van der Waals surface area contributed by atoms with E-state index < -0.39 is 0 Å². The van der Waals surface area contributed by atoms with Crippen molar-refractivity contribution in [2.75, 3.05) is 6.54 Å². The molecule has 1 saturated carbocycles. The normalized spacial score (nSPS) is 37.0. The first-order chi connectivity index (χ1) is 6.63. The molecular formula is C10H17N3O. The summed E-state index contributed by atoms with van der Waals surface area (Å²) < 4.78 is 0. The predicted molar refractivity (Wildman–Crippen MR) is 54.4 cm³/mol. The maximum Gasteiger partial charge on any atom is 0.323 e. The van der Waals surface area contributed by atoms with Crippen molar-refractivity contribution in [2.45, 2.75) is 38.6 Å². The lowest BCUT2D eigenvalue weighted by molar-refractivity contribution is 0.158. The van der Waals surface area contributed by atoms with Crippen LogP contribution in [-0.4, -0.2) is 28.9 Å². The van der Waals surface area contributed by atoms with Crippen LogP contribution < -0.4 is 5.32 Å². The number of urea groups is 1. The molecule has 1 aliphatic heterocycles. The molecule has 2 atom stereocenters. The van der Waals surface area contributed by atoms with Crippen LogP contribution >= 0.6 is 0 Å². The van der Waals surface area contributed by atoms with Gasteiger partial charge in [0.05, 0.1) is 0 Å². The summed E-state index contributed by atoms with van der Waals surface area (Å²) in [4.78, 5) is 13.4. The van der Waals surface area contributed by atoms with Crippen LogP contribution in [0.5, 0.6) is 0 Å². The first-order valence-corrected chi connectivity index (χ1v) is 5.30. The van der Waals surface area contributed by atoms with Gasteiger partial charge >= 0.3 is 6.03 Å². The van der Waals surface area contributed by atoms with Crippen molar-refractivity contribution < 1.29 is 4.79 Å². The van der Waals surface area contributed by atoms with Crippen molar-refractivity contribution in [2.24, 2.45) is 5.92 Å². The fourth-order valence-corrected chi connectivity index (χ4v) is 2.96. The molecule has 2 amide bonds. The minimum atomic E-state index is -0.300. The number of rotatable bonds is 1. The highest BCUT2D eigenvalue weighted by molar-refractivity contribution is 6.08. The fraction of sp³-hybridized carbons (Fsp3) is 0.800. The van der Waals surface area contributed by atoms with E-state index in [2.05, 4.69) is 12.2 Å². The summed E-state index contributed by atoms with van der Waals surface area (Å²) in [5.74, 6) is 0.822. The van der Waals surface area contributed by atoms with E-state index in [9.17, 15) is 4.79 Å². The third kappa shape index (κ3) is 0.938. The van der Waals surface area contributed by atoms with Gasteiger partial charge in [0.2, 0.25) is 0 Å². The summed E-state index contributed by atoms with van der Waals surface area (Å²) >= 11 is 0. The van der Waals surface area contributed by atoms with Crippen LogP contribution in [-0.2, 0) is 0 Å². The van der Waals surface area contributed by atoms with E-state index in [1.165, 1.54) is 0 Å². The number of nitrogens with one attached hydrogen (secondary N) is 2. The quantitative estimate of drug-likeness (QED) is 0.655. The number of likely N-dealkylation sites (N-methyl/N-ethyl adjacent to an activating group) is 1. The van der Waals surface area contributed by atoms with Crippen molar-refractivity contribution in [1.29, 1.82) is 5.41 Å². The van der Waals surface area contributed by atoms with Gasteiger partial charge in [-0.05, 0) is 25.7 Å². The number of hydrogen-bond donors (Lipinski definition) is 2. The molecule has 14 heavy (non-hydrogen) atoms. The van der Waals surface area contributed by atoms with Crippen molar-refractivity contribution >= 4 is 11.9 Å². The molecule has 4 nitrogen and oxygen atoms in total. The van der Waals surface area contributed by atoms with E-state index in [1.807, 2.05) is 11.8 Å². The van der Waals surface area contributed by atoms with E-state index in [-0.39, 0.29) is 11.6 Å². The van der Waals surface area contributed by atoms with Crippen LogP contribution in [0.1, 0.15) is 33.1 Å². The molecule has 0 bridgehead atoms. The molecule has 0 aromatic rings. The summed E-state index contributed by atoms with van der Waals surface area (Å²) in [6.45, 7) is 4.81. The Hall–Kier alpha value is -1.06. The maximum atomic E-state index is 11.6. The zero-order chi connectivity index (χ0) is 10.3. The Morgan fingerprint density at radius 2 is 2.43 bits per heavy atom. The van der Waals surface area contributed by atoms with E-state index >= 15 is 0 Å². The first-order valence-electron chi connectivity index (χ1n) is 5.30. The van der Waals surface area contributed by atoms with Gasteiger partial charge in [0.15, 0.2) is 0 Å². The zero-order valence-corrected chi connectivity index (χ0v) is 8.76. The van der Waals surface area contributed by atoms with Gasteiger partial charge in [0.1, 0.15) is 11.4 Å². The lowest BCUT2D eigenvalue weighted by Gasteiger charge is -2.36. The molecule has 1 heterocycles. The van der Waals surface area contributed by atoms with Crippen LogP contribution in [0, 0.1) is 11.3 Å². The molecule has 2 fully saturated rings. The zero-order valence-electron chi connectivity index (χ0n) is 8.76. The Morgan fingerprint density at radius 1 is 1.71 bits per heavy atom. The second-order valence-corrected chi connectivity index (χ2v) is 4.27. The maximum absolute atomic E-state index is 11.6. The number of carbonyl (C=O) groups excluding carboxylic acids is 1. The Bertz CT molecular complexity index is 289. The molecular weight excluding hydrogens is 178 g/mol. The molecule has 2 N–H and O–H groups in total. The summed E-state index contributed by atoms with van der Waals surface area (Å²) in [5.41, 5.74) is -0.300. The molecule has 4 heteroatoms. The van der Waals surface area contributed by atoms with Gasteiger partial charge in [-0.2, -0.15) is 0 Å². The lowest BCUT2D eigenvalue weighted by Crippen LogP contribution is -2.51.